The molecule has 0 aliphatic rings. The van der Waals surface area contributed by atoms with Gasteiger partial charge < -0.3 is 9.30 Å². The highest BCUT2D eigenvalue weighted by molar-refractivity contribution is 7.99. The molecule has 5 heteroatoms. The highest BCUT2D eigenvalue weighted by Gasteiger charge is 2.11. The second-order valence-electron chi connectivity index (χ2n) is 4.50. The molecule has 0 N–H and O–H groups in total. The lowest BCUT2D eigenvalue weighted by Crippen LogP contribution is -2.07. The standard InChI is InChI=1S/C14H19ClN2OS/c1-10(19-3)6-7-17-13-8-11(18-2)4-5-12(13)16-14(17)9-15/h4-5,8,10H,6-7,9H2,1-3H3. The molecule has 2 rings (SSSR count). The molecule has 2 aromatic rings. The molecular formula is C14H19ClN2OS. The van der Waals surface area contributed by atoms with Gasteiger partial charge in [0.2, 0.25) is 0 Å². The maximum Gasteiger partial charge on any atom is 0.124 e. The Morgan fingerprint density at radius 2 is 2.26 bits per heavy atom. The van der Waals surface area contributed by atoms with Crippen molar-refractivity contribution in [2.24, 2.45) is 0 Å². The fourth-order valence-electron chi connectivity index (χ4n) is 2.06. The lowest BCUT2D eigenvalue weighted by molar-refractivity contribution is 0.415. The molecule has 104 valence electrons. The summed E-state index contributed by atoms with van der Waals surface area (Å²) >= 11 is 7.89. The summed E-state index contributed by atoms with van der Waals surface area (Å²) in [5.41, 5.74) is 2.08. The smallest absolute Gasteiger partial charge is 0.124 e. The fourth-order valence-corrected chi connectivity index (χ4v) is 2.60. The van der Waals surface area contributed by atoms with Crippen LogP contribution >= 0.6 is 23.4 Å². The Bertz CT molecular complexity index is 556. The monoisotopic (exact) mass is 298 g/mol. The van der Waals surface area contributed by atoms with E-state index in [4.69, 9.17) is 16.3 Å². The summed E-state index contributed by atoms with van der Waals surface area (Å²) in [5, 5.41) is 0.631. The van der Waals surface area contributed by atoms with E-state index in [0.29, 0.717) is 11.1 Å². The van der Waals surface area contributed by atoms with E-state index >= 15 is 0 Å². The summed E-state index contributed by atoms with van der Waals surface area (Å²) in [6.45, 7) is 3.18. The summed E-state index contributed by atoms with van der Waals surface area (Å²) in [6, 6.07) is 5.95. The van der Waals surface area contributed by atoms with Gasteiger partial charge in [-0.2, -0.15) is 11.8 Å². The number of aromatic nitrogens is 2. The van der Waals surface area contributed by atoms with Gasteiger partial charge in [-0.15, -0.1) is 11.6 Å². The average Bonchev–Trinajstić information content (AvgIpc) is 2.81. The number of hydrogen-bond donors (Lipinski definition) is 0. The van der Waals surface area contributed by atoms with Crippen LogP contribution in [0.2, 0.25) is 0 Å². The first kappa shape index (κ1) is 14.5. The Labute approximate surface area is 123 Å². The molecule has 3 nitrogen and oxygen atoms in total. The minimum Gasteiger partial charge on any atom is -0.497 e. The SMILES string of the molecule is COc1ccc2nc(CCl)n(CCC(C)SC)c2c1. The second kappa shape index (κ2) is 6.53. The molecule has 0 saturated heterocycles. The number of aryl methyl sites for hydroxylation is 1. The van der Waals surface area contributed by atoms with E-state index in [0.717, 1.165) is 35.6 Å². The lowest BCUT2D eigenvalue weighted by atomic mass is 10.2. The van der Waals surface area contributed by atoms with Crippen molar-refractivity contribution in [1.29, 1.82) is 0 Å². The van der Waals surface area contributed by atoms with Gasteiger partial charge in [0.25, 0.3) is 0 Å². The molecule has 1 aromatic carbocycles. The third-order valence-electron chi connectivity index (χ3n) is 3.32. The van der Waals surface area contributed by atoms with Gasteiger partial charge in [-0.3, -0.25) is 0 Å². The first-order valence-corrected chi connectivity index (χ1v) is 8.13. The minimum atomic E-state index is 0.435. The lowest BCUT2D eigenvalue weighted by Gasteiger charge is -2.11. The van der Waals surface area contributed by atoms with Crippen molar-refractivity contribution in [3.63, 3.8) is 0 Å². The van der Waals surface area contributed by atoms with Gasteiger partial charge in [0.15, 0.2) is 0 Å². The predicted octanol–water partition coefficient (Wildman–Crippen LogP) is 3.93. The maximum absolute atomic E-state index is 6.01. The fraction of sp³-hybridized carbons (Fsp3) is 0.500. The largest absolute Gasteiger partial charge is 0.497 e. The van der Waals surface area contributed by atoms with Crippen molar-refractivity contribution in [3.8, 4) is 5.75 Å². The van der Waals surface area contributed by atoms with E-state index in [1.54, 1.807) is 7.11 Å². The number of ether oxygens (including phenoxy) is 1. The average molecular weight is 299 g/mol. The van der Waals surface area contributed by atoms with Gasteiger partial charge in [0, 0.05) is 17.9 Å². The summed E-state index contributed by atoms with van der Waals surface area (Å²) in [6.07, 6.45) is 3.25. The summed E-state index contributed by atoms with van der Waals surface area (Å²) < 4.78 is 7.49. The van der Waals surface area contributed by atoms with Crippen molar-refractivity contribution < 1.29 is 4.74 Å². The number of halogens is 1. The summed E-state index contributed by atoms with van der Waals surface area (Å²) in [4.78, 5) is 4.58. The molecule has 1 aromatic heterocycles. The van der Waals surface area contributed by atoms with Crippen molar-refractivity contribution in [1.82, 2.24) is 9.55 Å². The third-order valence-corrected chi connectivity index (χ3v) is 4.60. The van der Waals surface area contributed by atoms with Crippen LogP contribution in [0.15, 0.2) is 18.2 Å². The van der Waals surface area contributed by atoms with Crippen LogP contribution in [-0.4, -0.2) is 28.2 Å². The Kier molecular flexibility index (Phi) is 4.99. The number of thioether (sulfide) groups is 1. The topological polar surface area (TPSA) is 27.1 Å². The number of nitrogens with zero attached hydrogens (tertiary/aromatic N) is 2. The van der Waals surface area contributed by atoms with E-state index in [9.17, 15) is 0 Å². The molecule has 19 heavy (non-hydrogen) atoms. The van der Waals surface area contributed by atoms with Crippen LogP contribution in [0.1, 0.15) is 19.2 Å². The van der Waals surface area contributed by atoms with Gasteiger partial charge >= 0.3 is 0 Å². The third kappa shape index (κ3) is 3.18. The molecule has 0 bridgehead atoms. The van der Waals surface area contributed by atoms with Crippen LogP contribution in [0, 0.1) is 0 Å². The molecule has 0 amide bonds. The van der Waals surface area contributed by atoms with Crippen LogP contribution in [-0.2, 0) is 12.4 Å². The zero-order chi connectivity index (χ0) is 13.8. The van der Waals surface area contributed by atoms with E-state index in [2.05, 4.69) is 22.7 Å². The number of alkyl halides is 1. The zero-order valence-corrected chi connectivity index (χ0v) is 13.1. The van der Waals surface area contributed by atoms with E-state index in [-0.39, 0.29) is 0 Å². The van der Waals surface area contributed by atoms with Crippen LogP contribution < -0.4 is 4.74 Å². The maximum atomic E-state index is 6.01. The minimum absolute atomic E-state index is 0.435. The predicted molar refractivity (Wildman–Crippen MR) is 83.4 cm³/mol. The summed E-state index contributed by atoms with van der Waals surface area (Å²) in [5.74, 6) is 2.22. The molecule has 0 radical (unpaired) electrons. The van der Waals surface area contributed by atoms with Crippen LogP contribution in [0.4, 0.5) is 0 Å². The number of benzene rings is 1. The van der Waals surface area contributed by atoms with Crippen molar-refractivity contribution in [3.05, 3.63) is 24.0 Å². The van der Waals surface area contributed by atoms with Gasteiger partial charge in [-0.25, -0.2) is 4.98 Å². The van der Waals surface area contributed by atoms with Gasteiger partial charge in [0.1, 0.15) is 11.6 Å². The van der Waals surface area contributed by atoms with Crippen molar-refractivity contribution in [2.45, 2.75) is 31.0 Å². The number of imidazole rings is 1. The molecule has 0 aliphatic heterocycles. The number of methoxy groups -OCH3 is 1. The van der Waals surface area contributed by atoms with Crippen LogP contribution in [0.5, 0.6) is 5.75 Å². The van der Waals surface area contributed by atoms with E-state index in [1.165, 1.54) is 0 Å². The Hall–Kier alpha value is -0.870. The van der Waals surface area contributed by atoms with Gasteiger partial charge in [-0.1, -0.05) is 6.92 Å². The molecule has 1 atom stereocenters. The quantitative estimate of drug-likeness (QED) is 0.756. The van der Waals surface area contributed by atoms with Crippen molar-refractivity contribution in [2.75, 3.05) is 13.4 Å². The number of hydrogen-bond acceptors (Lipinski definition) is 3. The highest BCUT2D eigenvalue weighted by atomic mass is 35.5. The summed E-state index contributed by atoms with van der Waals surface area (Å²) in [7, 11) is 1.68. The molecule has 0 aliphatic carbocycles. The first-order chi connectivity index (χ1) is 9.19. The molecular weight excluding hydrogens is 280 g/mol. The number of fused-ring (bicyclic) bond motifs is 1. The second-order valence-corrected chi connectivity index (χ2v) is 6.05. The Morgan fingerprint density at radius 3 is 2.89 bits per heavy atom. The van der Waals surface area contributed by atoms with Gasteiger partial charge in [-0.05, 0) is 24.8 Å². The molecule has 0 spiro atoms. The highest BCUT2D eigenvalue weighted by Crippen LogP contribution is 2.24. The van der Waals surface area contributed by atoms with E-state index < -0.39 is 0 Å². The van der Waals surface area contributed by atoms with Crippen LogP contribution in [0.25, 0.3) is 11.0 Å². The molecule has 0 fully saturated rings. The van der Waals surface area contributed by atoms with Crippen LogP contribution in [0.3, 0.4) is 0 Å². The number of rotatable bonds is 6. The Balaban J connectivity index is 2.37. The Morgan fingerprint density at radius 1 is 1.47 bits per heavy atom. The molecule has 0 saturated carbocycles. The van der Waals surface area contributed by atoms with Crippen molar-refractivity contribution >= 4 is 34.4 Å². The molecule has 1 heterocycles. The molecule has 1 unspecified atom stereocenters. The zero-order valence-electron chi connectivity index (χ0n) is 11.5. The first-order valence-electron chi connectivity index (χ1n) is 6.31. The van der Waals surface area contributed by atoms with Gasteiger partial charge in [0.05, 0.1) is 24.0 Å². The van der Waals surface area contributed by atoms with E-state index in [1.807, 2.05) is 30.0 Å². The normalized spacial score (nSPS) is 12.8.